The molecule has 174 valence electrons. The van der Waals surface area contributed by atoms with Gasteiger partial charge in [0.25, 0.3) is 11.8 Å². The third-order valence-corrected chi connectivity index (χ3v) is 6.05. The quantitative estimate of drug-likeness (QED) is 0.344. The van der Waals surface area contributed by atoms with Crippen LogP contribution in [0, 0.1) is 13.8 Å². The van der Waals surface area contributed by atoms with Gasteiger partial charge < -0.3 is 10.1 Å². The summed E-state index contributed by atoms with van der Waals surface area (Å²) in [4.78, 5) is 28.8. The molecule has 0 unspecified atom stereocenters. The number of ether oxygens (including phenoxy) is 1. The zero-order chi connectivity index (χ0) is 24.5. The van der Waals surface area contributed by atoms with E-state index in [1.165, 1.54) is 4.90 Å². The average molecular weight is 463 g/mol. The number of nitrogens with zero attached hydrogens (tertiary/aromatic N) is 1. The number of hydrogen-bond acceptors (Lipinski definition) is 4. The number of benzene rings is 4. The summed E-state index contributed by atoms with van der Waals surface area (Å²) in [6, 6.07) is 26.8. The van der Waals surface area contributed by atoms with Gasteiger partial charge in [0.15, 0.2) is 0 Å². The summed E-state index contributed by atoms with van der Waals surface area (Å²) in [5, 5.41) is 5.33. The van der Waals surface area contributed by atoms with Gasteiger partial charge in [0.05, 0.1) is 17.9 Å². The molecule has 1 N–H and O–H groups in total. The van der Waals surface area contributed by atoms with Crippen LogP contribution in [0.3, 0.4) is 0 Å². The second kappa shape index (κ2) is 9.11. The molecular formula is C30H26N2O3. The third kappa shape index (κ3) is 4.17. The fraction of sp³-hybridized carbons (Fsp3) is 0.133. The average Bonchev–Trinajstić information content (AvgIpc) is 3.08. The molecule has 0 bridgehead atoms. The van der Waals surface area contributed by atoms with Gasteiger partial charge in [-0.25, -0.2) is 4.90 Å². The minimum atomic E-state index is -0.378. The number of nitrogens with one attached hydrogen (secondary N) is 1. The zero-order valence-electron chi connectivity index (χ0n) is 20.0. The SMILES string of the molecule is CCOc1ccc(C2=C(Nc3cccc4ccccc34)C(=O)N(c3cc(C)cc(C)c3)C2=O)cc1. The molecule has 1 heterocycles. The molecule has 5 heteroatoms. The van der Waals surface area contributed by atoms with E-state index in [2.05, 4.69) is 5.32 Å². The van der Waals surface area contributed by atoms with Crippen LogP contribution in [0.25, 0.3) is 16.3 Å². The second-order valence-corrected chi connectivity index (χ2v) is 8.65. The fourth-order valence-corrected chi connectivity index (χ4v) is 4.58. The zero-order valence-corrected chi connectivity index (χ0v) is 20.0. The van der Waals surface area contributed by atoms with E-state index in [-0.39, 0.29) is 17.5 Å². The summed E-state index contributed by atoms with van der Waals surface area (Å²) in [7, 11) is 0. The lowest BCUT2D eigenvalue weighted by Gasteiger charge is -2.17. The maximum absolute atomic E-state index is 13.8. The Kier molecular flexibility index (Phi) is 5.83. The molecule has 1 aliphatic heterocycles. The molecule has 4 aromatic rings. The van der Waals surface area contributed by atoms with E-state index >= 15 is 0 Å². The summed E-state index contributed by atoms with van der Waals surface area (Å²) >= 11 is 0. The van der Waals surface area contributed by atoms with Gasteiger partial charge >= 0.3 is 0 Å². The molecule has 0 radical (unpaired) electrons. The molecule has 5 rings (SSSR count). The Bertz CT molecular complexity index is 1460. The van der Waals surface area contributed by atoms with E-state index in [1.54, 1.807) is 0 Å². The van der Waals surface area contributed by atoms with Crippen molar-refractivity contribution < 1.29 is 14.3 Å². The van der Waals surface area contributed by atoms with Gasteiger partial charge in [-0.3, -0.25) is 9.59 Å². The number of aryl methyl sites for hydroxylation is 2. The Hall–Kier alpha value is -4.38. The standard InChI is InChI=1S/C30H26N2O3/c1-4-35-24-14-12-22(13-15-24)27-28(31-26-11-7-9-21-8-5-6-10-25(21)26)30(34)32(29(27)33)23-17-19(2)16-20(3)18-23/h5-18,31H,4H2,1-3H3. The highest BCUT2D eigenvalue weighted by Gasteiger charge is 2.40. The number of hydrogen-bond donors (Lipinski definition) is 1. The molecule has 4 aromatic carbocycles. The van der Waals surface area contributed by atoms with E-state index in [1.807, 2.05) is 106 Å². The highest BCUT2D eigenvalue weighted by Crippen LogP contribution is 2.36. The number of anilines is 2. The predicted molar refractivity (Wildman–Crippen MR) is 141 cm³/mol. The number of carbonyl (C=O) groups is 2. The normalized spacial score (nSPS) is 13.6. The van der Waals surface area contributed by atoms with Crippen LogP contribution in [0.4, 0.5) is 11.4 Å². The molecule has 5 nitrogen and oxygen atoms in total. The van der Waals surface area contributed by atoms with E-state index in [4.69, 9.17) is 4.74 Å². The Morgan fingerprint density at radius 3 is 2.20 bits per heavy atom. The third-order valence-electron chi connectivity index (χ3n) is 6.05. The molecule has 1 aliphatic rings. The Labute approximate surface area is 204 Å². The maximum atomic E-state index is 13.8. The largest absolute Gasteiger partial charge is 0.494 e. The summed E-state index contributed by atoms with van der Waals surface area (Å²) in [6.45, 7) is 6.38. The van der Waals surface area contributed by atoms with Crippen molar-refractivity contribution in [2.75, 3.05) is 16.8 Å². The number of amides is 2. The lowest BCUT2D eigenvalue weighted by molar-refractivity contribution is -0.120. The van der Waals surface area contributed by atoms with Crippen molar-refractivity contribution in [2.24, 2.45) is 0 Å². The molecular weight excluding hydrogens is 436 g/mol. The van der Waals surface area contributed by atoms with Gasteiger partial charge in [0, 0.05) is 11.1 Å². The van der Waals surface area contributed by atoms with Crippen LogP contribution in [-0.4, -0.2) is 18.4 Å². The van der Waals surface area contributed by atoms with E-state index in [0.29, 0.717) is 29.2 Å². The molecule has 0 aromatic heterocycles. The first kappa shape index (κ1) is 22.4. The molecule has 2 amide bonds. The number of carbonyl (C=O) groups excluding carboxylic acids is 2. The van der Waals surface area contributed by atoms with Crippen LogP contribution in [0.1, 0.15) is 23.6 Å². The van der Waals surface area contributed by atoms with Crippen LogP contribution >= 0.6 is 0 Å². The molecule has 35 heavy (non-hydrogen) atoms. The van der Waals surface area contributed by atoms with Crippen molar-refractivity contribution in [1.82, 2.24) is 0 Å². The molecule has 0 atom stereocenters. The predicted octanol–water partition coefficient (Wildman–Crippen LogP) is 6.25. The smallest absolute Gasteiger partial charge is 0.282 e. The van der Waals surface area contributed by atoms with Crippen molar-refractivity contribution in [3.63, 3.8) is 0 Å². The highest BCUT2D eigenvalue weighted by molar-refractivity contribution is 6.46. The van der Waals surface area contributed by atoms with Crippen LogP contribution in [0.2, 0.25) is 0 Å². The van der Waals surface area contributed by atoms with Gasteiger partial charge in [-0.05, 0) is 73.2 Å². The van der Waals surface area contributed by atoms with Gasteiger partial charge in [0.2, 0.25) is 0 Å². The highest BCUT2D eigenvalue weighted by atomic mass is 16.5. The Balaban J connectivity index is 1.64. The first-order valence-corrected chi connectivity index (χ1v) is 11.7. The topological polar surface area (TPSA) is 58.6 Å². The first-order valence-electron chi connectivity index (χ1n) is 11.7. The maximum Gasteiger partial charge on any atom is 0.282 e. The van der Waals surface area contributed by atoms with E-state index < -0.39 is 0 Å². The number of fused-ring (bicyclic) bond motifs is 1. The first-order chi connectivity index (χ1) is 17.0. The van der Waals surface area contributed by atoms with Gasteiger partial charge in [-0.15, -0.1) is 0 Å². The Morgan fingerprint density at radius 2 is 1.49 bits per heavy atom. The fourth-order valence-electron chi connectivity index (χ4n) is 4.58. The van der Waals surface area contributed by atoms with Crippen LogP contribution in [-0.2, 0) is 9.59 Å². The van der Waals surface area contributed by atoms with Crippen LogP contribution < -0.4 is 15.0 Å². The Morgan fingerprint density at radius 1 is 0.800 bits per heavy atom. The minimum absolute atomic E-state index is 0.259. The van der Waals surface area contributed by atoms with Crippen molar-refractivity contribution in [2.45, 2.75) is 20.8 Å². The summed E-state index contributed by atoms with van der Waals surface area (Å²) in [5.74, 6) is -0.0212. The molecule has 0 fully saturated rings. The molecule has 0 spiro atoms. The van der Waals surface area contributed by atoms with Crippen molar-refractivity contribution >= 4 is 39.5 Å². The number of rotatable bonds is 6. The van der Waals surface area contributed by atoms with Crippen molar-refractivity contribution in [3.05, 3.63) is 107 Å². The summed E-state index contributed by atoms with van der Waals surface area (Å²) in [5.41, 5.74) is 4.55. The van der Waals surface area contributed by atoms with Crippen LogP contribution in [0.15, 0.2) is 90.6 Å². The molecule has 0 saturated heterocycles. The van der Waals surface area contributed by atoms with Gasteiger partial charge in [-0.1, -0.05) is 54.6 Å². The summed E-state index contributed by atoms with van der Waals surface area (Å²) < 4.78 is 5.56. The van der Waals surface area contributed by atoms with E-state index in [9.17, 15) is 9.59 Å². The molecule has 0 saturated carbocycles. The van der Waals surface area contributed by atoms with E-state index in [0.717, 1.165) is 27.6 Å². The van der Waals surface area contributed by atoms with Gasteiger partial charge in [0.1, 0.15) is 11.4 Å². The van der Waals surface area contributed by atoms with Crippen molar-refractivity contribution in [3.8, 4) is 5.75 Å². The monoisotopic (exact) mass is 462 g/mol. The van der Waals surface area contributed by atoms with Crippen LogP contribution in [0.5, 0.6) is 5.75 Å². The second-order valence-electron chi connectivity index (χ2n) is 8.65. The van der Waals surface area contributed by atoms with Gasteiger partial charge in [-0.2, -0.15) is 0 Å². The lowest BCUT2D eigenvalue weighted by atomic mass is 10.0. The lowest BCUT2D eigenvalue weighted by Crippen LogP contribution is -2.32. The summed E-state index contributed by atoms with van der Waals surface area (Å²) in [6.07, 6.45) is 0. The number of imide groups is 1. The molecule has 0 aliphatic carbocycles. The van der Waals surface area contributed by atoms with Crippen molar-refractivity contribution in [1.29, 1.82) is 0 Å². The minimum Gasteiger partial charge on any atom is -0.494 e.